The second kappa shape index (κ2) is 5.77. The highest BCUT2D eigenvalue weighted by Crippen LogP contribution is 2.09. The van der Waals surface area contributed by atoms with Crippen LogP contribution < -0.4 is 5.73 Å². The zero-order valence-electron chi connectivity index (χ0n) is 8.02. The van der Waals surface area contributed by atoms with Crippen molar-refractivity contribution in [3.63, 3.8) is 0 Å². The van der Waals surface area contributed by atoms with Crippen LogP contribution in [0, 0.1) is 0 Å². The highest BCUT2D eigenvalue weighted by molar-refractivity contribution is 5.89. The van der Waals surface area contributed by atoms with E-state index >= 15 is 0 Å². The van der Waals surface area contributed by atoms with Gasteiger partial charge in [0.05, 0.1) is 0 Å². The van der Waals surface area contributed by atoms with Crippen molar-refractivity contribution in [1.82, 2.24) is 0 Å². The van der Waals surface area contributed by atoms with Gasteiger partial charge in [-0.25, -0.2) is 4.79 Å². The molecule has 0 aromatic rings. The van der Waals surface area contributed by atoms with E-state index in [9.17, 15) is 4.79 Å². The number of carbonyl (C=O) groups excluding carboxylic acids is 1. The summed E-state index contributed by atoms with van der Waals surface area (Å²) in [7, 11) is 0. The van der Waals surface area contributed by atoms with Crippen LogP contribution in [-0.2, 0) is 9.53 Å². The average Bonchev–Trinajstić information content (AvgIpc) is 2.01. The third-order valence-corrected chi connectivity index (χ3v) is 1.55. The molecule has 0 bridgehead atoms. The van der Waals surface area contributed by atoms with Gasteiger partial charge in [-0.3, -0.25) is 0 Å². The second-order valence-corrected chi connectivity index (χ2v) is 2.76. The number of hydrogen-bond acceptors (Lipinski definition) is 3. The zero-order chi connectivity index (χ0) is 9.56. The van der Waals surface area contributed by atoms with Crippen LogP contribution in [0.15, 0.2) is 11.1 Å². The third kappa shape index (κ3) is 3.53. The van der Waals surface area contributed by atoms with Crippen LogP contribution in [0.2, 0.25) is 0 Å². The van der Waals surface area contributed by atoms with Gasteiger partial charge in [0.2, 0.25) is 0 Å². The van der Waals surface area contributed by atoms with Crippen LogP contribution in [0.1, 0.15) is 27.2 Å². The maximum absolute atomic E-state index is 11.2. The first-order valence-electron chi connectivity index (χ1n) is 4.17. The van der Waals surface area contributed by atoms with Gasteiger partial charge in [0.1, 0.15) is 6.61 Å². The summed E-state index contributed by atoms with van der Waals surface area (Å²) in [6.45, 7) is 6.43. The summed E-state index contributed by atoms with van der Waals surface area (Å²) in [5, 5.41) is 0. The van der Waals surface area contributed by atoms with Gasteiger partial charge >= 0.3 is 5.97 Å². The fraction of sp³-hybridized carbons (Fsp3) is 0.667. The molecular weight excluding hydrogens is 154 g/mol. The number of ether oxygens (including phenoxy) is 1. The summed E-state index contributed by atoms with van der Waals surface area (Å²) in [5.74, 6) is -0.233. The smallest absolute Gasteiger partial charge is 0.333 e. The van der Waals surface area contributed by atoms with E-state index in [-0.39, 0.29) is 5.97 Å². The summed E-state index contributed by atoms with van der Waals surface area (Å²) in [6.07, 6.45) is 0.714. The minimum atomic E-state index is -0.233. The number of rotatable bonds is 4. The lowest BCUT2D eigenvalue weighted by atomic mass is 10.1. The molecule has 0 atom stereocenters. The molecule has 0 rings (SSSR count). The Morgan fingerprint density at radius 1 is 1.42 bits per heavy atom. The Morgan fingerprint density at radius 3 is 2.33 bits per heavy atom. The molecule has 0 aromatic carbocycles. The SMILES string of the molecule is CCC(C(=O)OCCN)=C(C)C. The van der Waals surface area contributed by atoms with Gasteiger partial charge in [0, 0.05) is 12.1 Å². The standard InChI is InChI=1S/C9H17NO2/c1-4-8(7(2)3)9(11)12-6-5-10/h4-6,10H2,1-3H3. The van der Waals surface area contributed by atoms with E-state index in [1.54, 1.807) is 0 Å². The molecule has 2 N–H and O–H groups in total. The molecule has 0 radical (unpaired) electrons. The molecule has 0 saturated carbocycles. The normalized spacial score (nSPS) is 9.33. The maximum atomic E-state index is 11.2. The first kappa shape index (κ1) is 11.2. The Hall–Kier alpha value is -0.830. The van der Waals surface area contributed by atoms with Gasteiger partial charge in [0.15, 0.2) is 0 Å². The zero-order valence-corrected chi connectivity index (χ0v) is 8.02. The summed E-state index contributed by atoms with van der Waals surface area (Å²) in [6, 6.07) is 0. The summed E-state index contributed by atoms with van der Waals surface area (Å²) in [5.41, 5.74) is 6.97. The molecule has 3 nitrogen and oxygen atoms in total. The molecule has 0 heterocycles. The Balaban J connectivity index is 4.15. The molecule has 0 unspecified atom stereocenters. The number of nitrogens with two attached hydrogens (primary N) is 1. The van der Waals surface area contributed by atoms with E-state index in [4.69, 9.17) is 10.5 Å². The van der Waals surface area contributed by atoms with E-state index in [2.05, 4.69) is 0 Å². The highest BCUT2D eigenvalue weighted by Gasteiger charge is 2.09. The van der Waals surface area contributed by atoms with Crippen molar-refractivity contribution in [3.05, 3.63) is 11.1 Å². The van der Waals surface area contributed by atoms with Crippen LogP contribution in [-0.4, -0.2) is 19.1 Å². The number of esters is 1. The Labute approximate surface area is 73.6 Å². The number of allylic oxidation sites excluding steroid dienone is 1. The lowest BCUT2D eigenvalue weighted by Crippen LogP contribution is -2.15. The monoisotopic (exact) mass is 171 g/mol. The van der Waals surface area contributed by atoms with E-state index in [0.29, 0.717) is 19.6 Å². The number of carbonyl (C=O) groups is 1. The van der Waals surface area contributed by atoms with E-state index in [1.165, 1.54) is 0 Å². The lowest BCUT2D eigenvalue weighted by molar-refractivity contribution is -0.138. The largest absolute Gasteiger partial charge is 0.461 e. The first-order chi connectivity index (χ1) is 5.63. The minimum Gasteiger partial charge on any atom is -0.461 e. The minimum absolute atomic E-state index is 0.233. The van der Waals surface area contributed by atoms with Crippen LogP contribution in [0.3, 0.4) is 0 Å². The molecule has 0 fully saturated rings. The summed E-state index contributed by atoms with van der Waals surface area (Å²) >= 11 is 0. The van der Waals surface area contributed by atoms with Crippen molar-refractivity contribution in [2.45, 2.75) is 27.2 Å². The Morgan fingerprint density at radius 2 is 2.00 bits per heavy atom. The van der Waals surface area contributed by atoms with Crippen LogP contribution >= 0.6 is 0 Å². The molecule has 0 aromatic heterocycles. The molecule has 0 amide bonds. The quantitative estimate of drug-likeness (QED) is 0.511. The van der Waals surface area contributed by atoms with Gasteiger partial charge in [-0.1, -0.05) is 12.5 Å². The van der Waals surface area contributed by atoms with E-state index in [0.717, 1.165) is 11.1 Å². The second-order valence-electron chi connectivity index (χ2n) is 2.76. The van der Waals surface area contributed by atoms with Crippen molar-refractivity contribution >= 4 is 5.97 Å². The Bertz CT molecular complexity index is 181. The number of hydrogen-bond donors (Lipinski definition) is 1. The molecule has 0 aliphatic carbocycles. The van der Waals surface area contributed by atoms with Crippen molar-refractivity contribution in [2.75, 3.05) is 13.2 Å². The summed E-state index contributed by atoms with van der Waals surface area (Å²) < 4.78 is 4.88. The van der Waals surface area contributed by atoms with E-state index < -0.39 is 0 Å². The molecule has 3 heteroatoms. The van der Waals surface area contributed by atoms with Gasteiger partial charge in [-0.15, -0.1) is 0 Å². The van der Waals surface area contributed by atoms with Crippen molar-refractivity contribution in [1.29, 1.82) is 0 Å². The molecular formula is C9H17NO2. The fourth-order valence-electron chi connectivity index (χ4n) is 0.941. The third-order valence-electron chi connectivity index (χ3n) is 1.55. The van der Waals surface area contributed by atoms with Crippen molar-refractivity contribution < 1.29 is 9.53 Å². The predicted octanol–water partition coefficient (Wildman–Crippen LogP) is 1.23. The fourth-order valence-corrected chi connectivity index (χ4v) is 0.941. The maximum Gasteiger partial charge on any atom is 0.333 e. The molecule has 0 aliphatic rings. The molecule has 70 valence electrons. The van der Waals surface area contributed by atoms with Crippen LogP contribution in [0.25, 0.3) is 0 Å². The molecule has 12 heavy (non-hydrogen) atoms. The van der Waals surface area contributed by atoms with Crippen molar-refractivity contribution in [2.24, 2.45) is 5.73 Å². The lowest BCUT2D eigenvalue weighted by Gasteiger charge is -2.06. The van der Waals surface area contributed by atoms with Crippen LogP contribution in [0.4, 0.5) is 0 Å². The van der Waals surface area contributed by atoms with E-state index in [1.807, 2.05) is 20.8 Å². The van der Waals surface area contributed by atoms with Gasteiger partial charge in [-0.2, -0.15) is 0 Å². The molecule has 0 saturated heterocycles. The molecule has 0 spiro atoms. The van der Waals surface area contributed by atoms with Gasteiger partial charge < -0.3 is 10.5 Å². The topological polar surface area (TPSA) is 52.3 Å². The Kier molecular flexibility index (Phi) is 5.37. The molecule has 0 aliphatic heterocycles. The average molecular weight is 171 g/mol. The van der Waals surface area contributed by atoms with Gasteiger partial charge in [-0.05, 0) is 20.3 Å². The first-order valence-corrected chi connectivity index (χ1v) is 4.17. The highest BCUT2D eigenvalue weighted by atomic mass is 16.5. The summed E-state index contributed by atoms with van der Waals surface area (Å²) in [4.78, 5) is 11.2. The predicted molar refractivity (Wildman–Crippen MR) is 48.7 cm³/mol. The van der Waals surface area contributed by atoms with Gasteiger partial charge in [0.25, 0.3) is 0 Å². The van der Waals surface area contributed by atoms with Crippen molar-refractivity contribution in [3.8, 4) is 0 Å². The van der Waals surface area contributed by atoms with Crippen LogP contribution in [0.5, 0.6) is 0 Å².